The number of benzene rings is 4. The van der Waals surface area contributed by atoms with E-state index in [0.29, 0.717) is 0 Å². The first-order chi connectivity index (χ1) is 18.2. The van der Waals surface area contributed by atoms with Gasteiger partial charge in [-0.25, -0.2) is 0 Å². The molecule has 0 aliphatic carbocycles. The zero-order valence-corrected chi connectivity index (χ0v) is 23.2. The van der Waals surface area contributed by atoms with Crippen LogP contribution in [0.3, 0.4) is 0 Å². The molecule has 4 aromatic carbocycles. The molecule has 0 unspecified atom stereocenters. The molecule has 0 amide bonds. The Morgan fingerprint density at radius 3 is 1.81 bits per heavy atom. The molecule has 0 bridgehead atoms. The maximum atomic E-state index is 2.39. The molecule has 0 N–H and O–H groups in total. The number of hydrogen-bond acceptors (Lipinski definition) is 4. The molecule has 0 saturated carbocycles. The lowest BCUT2D eigenvalue weighted by Crippen LogP contribution is -1.80. The van der Waals surface area contributed by atoms with E-state index in [1.807, 2.05) is 45.3 Å². The third-order valence-electron chi connectivity index (χ3n) is 6.98. The second kappa shape index (κ2) is 8.37. The van der Waals surface area contributed by atoms with Crippen molar-refractivity contribution in [1.29, 1.82) is 0 Å². The van der Waals surface area contributed by atoms with Crippen LogP contribution in [0.5, 0.6) is 0 Å². The summed E-state index contributed by atoms with van der Waals surface area (Å²) in [6.45, 7) is 2.15. The van der Waals surface area contributed by atoms with E-state index in [2.05, 4.69) is 110 Å². The molecule has 8 aromatic rings. The maximum Gasteiger partial charge on any atom is 0.0542 e. The van der Waals surface area contributed by atoms with Gasteiger partial charge in [0.05, 0.1) is 9.40 Å². The van der Waals surface area contributed by atoms with Crippen molar-refractivity contribution in [2.24, 2.45) is 0 Å². The van der Waals surface area contributed by atoms with Crippen LogP contribution < -0.4 is 0 Å². The van der Waals surface area contributed by atoms with E-state index in [-0.39, 0.29) is 0 Å². The highest BCUT2D eigenvalue weighted by Crippen LogP contribution is 2.47. The Kier molecular flexibility index (Phi) is 4.92. The Balaban J connectivity index is 1.16. The van der Waals surface area contributed by atoms with Crippen molar-refractivity contribution in [1.82, 2.24) is 0 Å². The third kappa shape index (κ3) is 3.59. The van der Waals surface area contributed by atoms with E-state index >= 15 is 0 Å². The van der Waals surface area contributed by atoms with Crippen LogP contribution in [-0.4, -0.2) is 0 Å². The van der Waals surface area contributed by atoms with Gasteiger partial charge in [-0.2, -0.15) is 0 Å². The first-order valence-corrected chi connectivity index (χ1v) is 15.5. The van der Waals surface area contributed by atoms with E-state index in [1.165, 1.54) is 76.5 Å². The van der Waals surface area contributed by atoms with Gasteiger partial charge in [-0.1, -0.05) is 78.4 Å². The Morgan fingerprint density at radius 2 is 1.03 bits per heavy atom. The highest BCUT2D eigenvalue weighted by Gasteiger charge is 2.15. The monoisotopic (exact) mass is 544 g/mol. The minimum Gasteiger partial charge on any atom is -0.134 e. The fourth-order valence-corrected chi connectivity index (χ4v) is 10.2. The average molecular weight is 545 g/mol. The Bertz CT molecular complexity index is 2080. The Hall–Kier alpha value is -3.28. The molecule has 0 fully saturated rings. The van der Waals surface area contributed by atoms with Gasteiger partial charge in [0.25, 0.3) is 0 Å². The van der Waals surface area contributed by atoms with Crippen LogP contribution >= 0.6 is 45.3 Å². The van der Waals surface area contributed by atoms with Crippen LogP contribution in [0, 0.1) is 6.92 Å². The topological polar surface area (TPSA) is 0 Å². The number of rotatable bonds is 3. The summed E-state index contributed by atoms with van der Waals surface area (Å²) in [6, 6.07) is 38.2. The van der Waals surface area contributed by atoms with Crippen molar-refractivity contribution in [3.8, 4) is 32.0 Å². The molecular formula is C33H20S4. The zero-order valence-electron chi connectivity index (χ0n) is 19.9. The minimum atomic E-state index is 1.27. The van der Waals surface area contributed by atoms with Gasteiger partial charge in [-0.3, -0.25) is 0 Å². The van der Waals surface area contributed by atoms with Crippen molar-refractivity contribution in [3.05, 3.63) is 109 Å². The second-order valence-electron chi connectivity index (χ2n) is 9.47. The quantitative estimate of drug-likeness (QED) is 0.207. The number of hydrogen-bond donors (Lipinski definition) is 0. The van der Waals surface area contributed by atoms with Gasteiger partial charge in [-0.05, 0) is 59.5 Å². The van der Waals surface area contributed by atoms with Gasteiger partial charge in [0.2, 0.25) is 0 Å². The fraction of sp³-hybridized carbons (Fsp3) is 0.0303. The van der Waals surface area contributed by atoms with Crippen LogP contribution in [0.1, 0.15) is 5.56 Å². The molecule has 0 nitrogen and oxygen atoms in total. The molecule has 37 heavy (non-hydrogen) atoms. The summed E-state index contributed by atoms with van der Waals surface area (Å²) in [7, 11) is 0. The average Bonchev–Trinajstić information content (AvgIpc) is 3.67. The molecule has 8 rings (SSSR count). The smallest absolute Gasteiger partial charge is 0.0542 e. The first kappa shape index (κ1) is 21.8. The summed E-state index contributed by atoms with van der Waals surface area (Å²) < 4.78 is 8.36. The van der Waals surface area contributed by atoms with Crippen LogP contribution in [-0.2, 0) is 0 Å². The van der Waals surface area contributed by atoms with Crippen molar-refractivity contribution < 1.29 is 0 Å². The fourth-order valence-electron chi connectivity index (χ4n) is 5.15. The number of thiophene rings is 4. The lowest BCUT2D eigenvalue weighted by Gasteiger charge is -2.05. The predicted octanol–water partition coefficient (Wildman–Crippen LogP) is 11.9. The largest absolute Gasteiger partial charge is 0.134 e. The SMILES string of the molecule is Cc1cccc(-c2cccc(-c3cc4sc(-c5ccc6c(c5)sc5c7ccccc7sc65)cc4s3)c2)c1. The normalized spacial score (nSPS) is 11.9. The van der Waals surface area contributed by atoms with Crippen molar-refractivity contribution in [2.75, 3.05) is 0 Å². The van der Waals surface area contributed by atoms with E-state index in [1.54, 1.807) is 0 Å². The van der Waals surface area contributed by atoms with Crippen LogP contribution in [0.2, 0.25) is 0 Å². The first-order valence-electron chi connectivity index (χ1n) is 12.2. The van der Waals surface area contributed by atoms with Gasteiger partial charge in [0.15, 0.2) is 0 Å². The molecule has 4 heteroatoms. The highest BCUT2D eigenvalue weighted by molar-refractivity contribution is 7.36. The number of fused-ring (bicyclic) bond motifs is 6. The summed E-state index contributed by atoms with van der Waals surface area (Å²) in [5.41, 5.74) is 6.46. The molecule has 0 aliphatic heterocycles. The molecule has 4 aromatic heterocycles. The second-order valence-corrected chi connectivity index (χ2v) is 13.7. The van der Waals surface area contributed by atoms with Gasteiger partial charge in [-0.15, -0.1) is 45.3 Å². The van der Waals surface area contributed by atoms with Gasteiger partial charge >= 0.3 is 0 Å². The minimum absolute atomic E-state index is 1.27. The Labute approximate surface area is 230 Å². The lowest BCUT2D eigenvalue weighted by molar-refractivity contribution is 1.47. The van der Waals surface area contributed by atoms with Crippen molar-refractivity contribution in [2.45, 2.75) is 6.92 Å². The van der Waals surface area contributed by atoms with Crippen LogP contribution in [0.25, 0.3) is 71.0 Å². The molecule has 0 saturated heterocycles. The molecule has 176 valence electrons. The summed E-state index contributed by atoms with van der Waals surface area (Å²) in [6.07, 6.45) is 0. The van der Waals surface area contributed by atoms with Gasteiger partial charge < -0.3 is 0 Å². The van der Waals surface area contributed by atoms with Crippen LogP contribution in [0.4, 0.5) is 0 Å². The molecule has 0 atom stereocenters. The van der Waals surface area contributed by atoms with Crippen molar-refractivity contribution in [3.63, 3.8) is 0 Å². The Morgan fingerprint density at radius 1 is 0.405 bits per heavy atom. The standard InChI is InChI=1S/C33H20S4/c1-19-6-4-7-20(14-19)21-8-5-9-22(15-21)27-17-30-31(34-27)18-28(35-30)23-12-13-25-29(16-23)37-32-24-10-2-3-11-26(24)36-33(25)32/h2-18H,1H3. The predicted molar refractivity (Wildman–Crippen MR) is 169 cm³/mol. The highest BCUT2D eigenvalue weighted by atomic mass is 32.1. The van der Waals surface area contributed by atoms with E-state index < -0.39 is 0 Å². The number of aryl methyl sites for hydroxylation is 1. The van der Waals surface area contributed by atoms with Crippen molar-refractivity contribution >= 4 is 84.3 Å². The van der Waals surface area contributed by atoms with Gasteiger partial charge in [0.1, 0.15) is 0 Å². The molecule has 0 aliphatic rings. The molecule has 0 radical (unpaired) electrons. The van der Waals surface area contributed by atoms with E-state index in [9.17, 15) is 0 Å². The summed E-state index contributed by atoms with van der Waals surface area (Å²) in [5.74, 6) is 0. The van der Waals surface area contributed by atoms with E-state index in [4.69, 9.17) is 0 Å². The molecule has 0 spiro atoms. The third-order valence-corrected chi connectivity index (χ3v) is 11.9. The summed E-state index contributed by atoms with van der Waals surface area (Å²) >= 11 is 7.66. The molecular weight excluding hydrogens is 525 g/mol. The summed E-state index contributed by atoms with van der Waals surface area (Å²) in [4.78, 5) is 2.69. The molecule has 4 heterocycles. The summed E-state index contributed by atoms with van der Waals surface area (Å²) in [5, 5.41) is 2.78. The zero-order chi connectivity index (χ0) is 24.5. The van der Waals surface area contributed by atoms with Crippen LogP contribution in [0.15, 0.2) is 103 Å². The van der Waals surface area contributed by atoms with E-state index in [0.717, 1.165) is 0 Å². The lowest BCUT2D eigenvalue weighted by atomic mass is 10.0. The maximum absolute atomic E-state index is 2.39. The van der Waals surface area contributed by atoms with Gasteiger partial charge in [0, 0.05) is 39.3 Å².